The van der Waals surface area contributed by atoms with Crippen molar-refractivity contribution in [3.05, 3.63) is 34.3 Å². The van der Waals surface area contributed by atoms with Gasteiger partial charge in [-0.2, -0.15) is 0 Å². The second-order valence-electron chi connectivity index (χ2n) is 5.58. The van der Waals surface area contributed by atoms with Crippen molar-refractivity contribution >= 4 is 34.1 Å². The Hall–Kier alpha value is -2.68. The third kappa shape index (κ3) is 5.15. The highest BCUT2D eigenvalue weighted by Gasteiger charge is 2.15. The Bertz CT molecular complexity index is 761. The summed E-state index contributed by atoms with van der Waals surface area (Å²) in [5.74, 6) is -0.122. The number of nitrogen functional groups attached to an aromatic ring is 1. The molecule has 0 fully saturated rings. The maximum atomic E-state index is 12.1. The van der Waals surface area contributed by atoms with Crippen LogP contribution in [0.5, 0.6) is 0 Å². The van der Waals surface area contributed by atoms with Gasteiger partial charge >= 0.3 is 6.03 Å². The van der Waals surface area contributed by atoms with E-state index in [0.29, 0.717) is 27.9 Å². The SMILES string of the molecule is CCCNC(=O)c1ccc(NC(=O)N[C@H](C)c2nnc(N)s2)c(C)c1. The van der Waals surface area contributed by atoms with Crippen molar-refractivity contribution < 1.29 is 9.59 Å². The lowest BCUT2D eigenvalue weighted by atomic mass is 10.1. The van der Waals surface area contributed by atoms with E-state index < -0.39 is 0 Å². The van der Waals surface area contributed by atoms with E-state index in [-0.39, 0.29) is 18.0 Å². The lowest BCUT2D eigenvalue weighted by molar-refractivity contribution is 0.0953. The van der Waals surface area contributed by atoms with Crippen LogP contribution in [0.3, 0.4) is 0 Å². The number of benzene rings is 1. The summed E-state index contributed by atoms with van der Waals surface area (Å²) in [5.41, 5.74) is 7.54. The Labute approximate surface area is 150 Å². The summed E-state index contributed by atoms with van der Waals surface area (Å²) in [5, 5.41) is 17.0. The molecule has 0 saturated heterocycles. The highest BCUT2D eigenvalue weighted by atomic mass is 32.1. The zero-order chi connectivity index (χ0) is 18.4. The van der Waals surface area contributed by atoms with Gasteiger partial charge in [0.25, 0.3) is 5.91 Å². The molecular formula is C16H22N6O2S. The van der Waals surface area contributed by atoms with Gasteiger partial charge in [0.2, 0.25) is 5.13 Å². The fourth-order valence-electron chi connectivity index (χ4n) is 2.12. The number of amides is 3. The zero-order valence-electron chi connectivity index (χ0n) is 14.4. The first-order valence-electron chi connectivity index (χ1n) is 7.96. The Kier molecular flexibility index (Phi) is 6.29. The third-order valence-electron chi connectivity index (χ3n) is 3.45. The molecule has 0 aliphatic heterocycles. The van der Waals surface area contributed by atoms with Gasteiger partial charge < -0.3 is 21.7 Å². The van der Waals surface area contributed by atoms with Gasteiger partial charge in [-0.05, 0) is 44.0 Å². The lowest BCUT2D eigenvalue weighted by Gasteiger charge is -2.14. The van der Waals surface area contributed by atoms with Crippen LogP contribution in [0.15, 0.2) is 18.2 Å². The van der Waals surface area contributed by atoms with Crippen molar-refractivity contribution in [1.29, 1.82) is 0 Å². The number of nitrogens with two attached hydrogens (primary N) is 1. The van der Waals surface area contributed by atoms with Crippen molar-refractivity contribution in [1.82, 2.24) is 20.8 Å². The number of urea groups is 1. The average molecular weight is 362 g/mol. The van der Waals surface area contributed by atoms with E-state index in [2.05, 4.69) is 26.1 Å². The van der Waals surface area contributed by atoms with E-state index in [9.17, 15) is 9.59 Å². The van der Waals surface area contributed by atoms with Gasteiger partial charge in [0, 0.05) is 17.8 Å². The molecule has 1 atom stereocenters. The Morgan fingerprint density at radius 3 is 2.68 bits per heavy atom. The number of hydrogen-bond donors (Lipinski definition) is 4. The molecule has 0 aliphatic carbocycles. The van der Waals surface area contributed by atoms with Gasteiger partial charge in [0.1, 0.15) is 5.01 Å². The van der Waals surface area contributed by atoms with Gasteiger partial charge in [0.05, 0.1) is 6.04 Å². The van der Waals surface area contributed by atoms with Crippen molar-refractivity contribution in [3.8, 4) is 0 Å². The van der Waals surface area contributed by atoms with E-state index in [1.165, 1.54) is 11.3 Å². The molecule has 1 aromatic carbocycles. The van der Waals surface area contributed by atoms with Crippen molar-refractivity contribution in [2.45, 2.75) is 33.2 Å². The van der Waals surface area contributed by atoms with Gasteiger partial charge in [-0.25, -0.2) is 4.79 Å². The summed E-state index contributed by atoms with van der Waals surface area (Å²) in [6, 6.07) is 4.46. The topological polar surface area (TPSA) is 122 Å². The van der Waals surface area contributed by atoms with Crippen molar-refractivity contribution in [2.75, 3.05) is 17.6 Å². The molecule has 25 heavy (non-hydrogen) atoms. The van der Waals surface area contributed by atoms with Crippen LogP contribution in [-0.2, 0) is 0 Å². The molecule has 0 saturated carbocycles. The van der Waals surface area contributed by atoms with Gasteiger partial charge in [-0.3, -0.25) is 4.79 Å². The smallest absolute Gasteiger partial charge is 0.319 e. The summed E-state index contributed by atoms with van der Waals surface area (Å²) in [6.07, 6.45) is 0.878. The van der Waals surface area contributed by atoms with E-state index >= 15 is 0 Å². The van der Waals surface area contributed by atoms with Gasteiger partial charge in [-0.15, -0.1) is 10.2 Å². The van der Waals surface area contributed by atoms with Crippen molar-refractivity contribution in [3.63, 3.8) is 0 Å². The predicted molar refractivity (Wildman–Crippen MR) is 98.7 cm³/mol. The fraction of sp³-hybridized carbons (Fsp3) is 0.375. The number of nitrogens with one attached hydrogen (secondary N) is 3. The standard InChI is InChI=1S/C16H22N6O2S/c1-4-7-18-13(23)11-5-6-12(9(2)8-11)20-16(24)19-10(3)14-21-22-15(17)25-14/h5-6,8,10H,4,7H2,1-3H3,(H2,17,22)(H,18,23)(H2,19,20,24)/t10-/m1/s1. The summed E-state index contributed by atoms with van der Waals surface area (Å²) < 4.78 is 0. The number of anilines is 2. The number of rotatable bonds is 6. The summed E-state index contributed by atoms with van der Waals surface area (Å²) in [4.78, 5) is 24.1. The molecule has 1 aromatic heterocycles. The molecule has 0 radical (unpaired) electrons. The molecule has 8 nitrogen and oxygen atoms in total. The van der Waals surface area contributed by atoms with E-state index in [1.807, 2.05) is 13.8 Å². The van der Waals surface area contributed by atoms with Crippen LogP contribution < -0.4 is 21.7 Å². The van der Waals surface area contributed by atoms with Crippen LogP contribution >= 0.6 is 11.3 Å². The zero-order valence-corrected chi connectivity index (χ0v) is 15.2. The average Bonchev–Trinajstić information content (AvgIpc) is 3.01. The largest absolute Gasteiger partial charge is 0.374 e. The molecule has 134 valence electrons. The van der Waals surface area contributed by atoms with E-state index in [1.54, 1.807) is 25.1 Å². The molecule has 0 bridgehead atoms. The first kappa shape index (κ1) is 18.7. The monoisotopic (exact) mass is 362 g/mol. The van der Waals surface area contributed by atoms with Gasteiger partial charge in [-0.1, -0.05) is 18.3 Å². The molecule has 0 spiro atoms. The van der Waals surface area contributed by atoms with Crippen LogP contribution in [0.25, 0.3) is 0 Å². The summed E-state index contributed by atoms with van der Waals surface area (Å²) in [6.45, 7) is 6.26. The number of carbonyl (C=O) groups is 2. The molecule has 2 aromatic rings. The Morgan fingerprint density at radius 1 is 1.32 bits per heavy atom. The Balaban J connectivity index is 1.97. The van der Waals surface area contributed by atoms with Crippen molar-refractivity contribution in [2.24, 2.45) is 0 Å². The van der Waals surface area contributed by atoms with E-state index in [0.717, 1.165) is 12.0 Å². The summed E-state index contributed by atoms with van der Waals surface area (Å²) >= 11 is 1.23. The molecular weight excluding hydrogens is 340 g/mol. The van der Waals surface area contributed by atoms with Crippen LogP contribution in [0.1, 0.15) is 47.2 Å². The Morgan fingerprint density at radius 2 is 2.08 bits per heavy atom. The maximum Gasteiger partial charge on any atom is 0.319 e. The fourth-order valence-corrected chi connectivity index (χ4v) is 2.74. The minimum absolute atomic E-state index is 0.122. The molecule has 1 heterocycles. The first-order chi connectivity index (χ1) is 11.9. The minimum Gasteiger partial charge on any atom is -0.374 e. The molecule has 2 rings (SSSR count). The van der Waals surface area contributed by atoms with Crippen LogP contribution in [0.2, 0.25) is 0 Å². The number of carbonyl (C=O) groups excluding carboxylic acids is 2. The molecule has 3 amide bonds. The number of hydrogen-bond acceptors (Lipinski definition) is 6. The summed E-state index contributed by atoms with van der Waals surface area (Å²) in [7, 11) is 0. The van der Waals surface area contributed by atoms with Crippen LogP contribution in [-0.4, -0.2) is 28.7 Å². The number of nitrogens with zero attached hydrogens (tertiary/aromatic N) is 2. The van der Waals surface area contributed by atoms with Gasteiger partial charge in [0.15, 0.2) is 0 Å². The quantitative estimate of drug-likeness (QED) is 0.629. The molecule has 0 aliphatic rings. The highest BCUT2D eigenvalue weighted by molar-refractivity contribution is 7.15. The number of aromatic nitrogens is 2. The highest BCUT2D eigenvalue weighted by Crippen LogP contribution is 2.20. The minimum atomic E-state index is -0.368. The maximum absolute atomic E-state index is 12.1. The molecule has 5 N–H and O–H groups in total. The number of aryl methyl sites for hydroxylation is 1. The van der Waals surface area contributed by atoms with Crippen LogP contribution in [0.4, 0.5) is 15.6 Å². The molecule has 0 unspecified atom stereocenters. The molecule has 9 heteroatoms. The predicted octanol–water partition coefficient (Wildman–Crippen LogP) is 2.45. The first-order valence-corrected chi connectivity index (χ1v) is 8.77. The normalized spacial score (nSPS) is 11.6. The third-order valence-corrected chi connectivity index (χ3v) is 4.38. The second kappa shape index (κ2) is 8.43. The lowest BCUT2D eigenvalue weighted by Crippen LogP contribution is -2.31. The van der Waals surface area contributed by atoms with Crippen LogP contribution in [0, 0.1) is 6.92 Å². The second-order valence-corrected chi connectivity index (χ2v) is 6.62. The van der Waals surface area contributed by atoms with E-state index in [4.69, 9.17) is 5.73 Å².